The van der Waals surface area contributed by atoms with Crippen LogP contribution in [0.5, 0.6) is 5.75 Å². The van der Waals surface area contributed by atoms with E-state index in [4.69, 9.17) is 9.84 Å². The van der Waals surface area contributed by atoms with Crippen LogP contribution in [-0.4, -0.2) is 63.3 Å². The fourth-order valence-corrected chi connectivity index (χ4v) is 4.06. The minimum atomic E-state index is -1.27. The minimum Gasteiger partial charge on any atom is -0.494 e. The lowest BCUT2D eigenvalue weighted by Gasteiger charge is -2.15. The number of aliphatic carboxylic acids is 2. The van der Waals surface area contributed by atoms with Crippen molar-refractivity contribution in [1.82, 2.24) is 5.32 Å². The molecule has 0 unspecified atom stereocenters. The van der Waals surface area contributed by atoms with Gasteiger partial charge in [-0.25, -0.2) is 9.59 Å². The van der Waals surface area contributed by atoms with Crippen molar-refractivity contribution in [3.8, 4) is 5.75 Å². The molecule has 0 saturated carbocycles. The van der Waals surface area contributed by atoms with Gasteiger partial charge >= 0.3 is 17.9 Å². The molecular formula is C29H41NO10. The Balaban J connectivity index is 2.16. The number of carboxylic acids is 3. The maximum Gasteiger partial charge on any atom is 0.335 e. The predicted octanol–water partition coefficient (Wildman–Crippen LogP) is 4.26. The number of carbonyl (C=O) groups excluding carboxylic acids is 3. The molecule has 0 bridgehead atoms. The van der Waals surface area contributed by atoms with Crippen LogP contribution in [0.1, 0.15) is 101 Å². The Morgan fingerprint density at radius 2 is 1.35 bits per heavy atom. The van der Waals surface area contributed by atoms with Crippen molar-refractivity contribution >= 4 is 35.4 Å². The second-order valence-corrected chi connectivity index (χ2v) is 9.92. The third kappa shape index (κ3) is 15.6. The Morgan fingerprint density at radius 1 is 0.750 bits per heavy atom. The highest BCUT2D eigenvalue weighted by Gasteiger charge is 2.24. The summed E-state index contributed by atoms with van der Waals surface area (Å²) in [6.07, 6.45) is 6.14. The van der Waals surface area contributed by atoms with Crippen molar-refractivity contribution < 1.29 is 48.8 Å². The maximum atomic E-state index is 12.3. The molecule has 0 saturated heterocycles. The Bertz CT molecular complexity index is 989. The minimum absolute atomic E-state index is 0.00657. The first-order valence-electron chi connectivity index (χ1n) is 13.7. The van der Waals surface area contributed by atoms with Crippen LogP contribution in [-0.2, 0) is 24.0 Å². The molecule has 0 heterocycles. The smallest absolute Gasteiger partial charge is 0.335 e. The van der Waals surface area contributed by atoms with Crippen LogP contribution in [0.25, 0.3) is 0 Å². The largest absolute Gasteiger partial charge is 0.494 e. The number of nitrogens with one attached hydrogen (secondary N) is 1. The summed E-state index contributed by atoms with van der Waals surface area (Å²) in [4.78, 5) is 69.1. The van der Waals surface area contributed by atoms with Gasteiger partial charge in [-0.1, -0.05) is 32.1 Å². The fraction of sp³-hybridized carbons (Fsp3) is 0.586. The van der Waals surface area contributed by atoms with Crippen LogP contribution in [0, 0.1) is 5.92 Å². The molecule has 0 aliphatic carbocycles. The maximum absolute atomic E-state index is 12.3. The van der Waals surface area contributed by atoms with E-state index in [0.717, 1.165) is 38.5 Å². The Morgan fingerprint density at radius 3 is 1.90 bits per heavy atom. The van der Waals surface area contributed by atoms with Crippen LogP contribution >= 0.6 is 0 Å². The quantitative estimate of drug-likeness (QED) is 0.140. The molecular weight excluding hydrogens is 522 g/mol. The SMILES string of the molecule is CC(=O)CC[C@H](NC(=O)CC[C@H](CC(=O)CCCCCCCCCOc1ccc(C(=O)O)cc1)C(=O)O)C(=O)O. The number of hydrogen-bond acceptors (Lipinski definition) is 7. The predicted molar refractivity (Wildman–Crippen MR) is 145 cm³/mol. The van der Waals surface area contributed by atoms with E-state index in [2.05, 4.69) is 5.32 Å². The molecule has 1 amide bonds. The van der Waals surface area contributed by atoms with Gasteiger partial charge in [-0.2, -0.15) is 0 Å². The van der Waals surface area contributed by atoms with Crippen LogP contribution < -0.4 is 10.1 Å². The monoisotopic (exact) mass is 563 g/mol. The van der Waals surface area contributed by atoms with Gasteiger partial charge in [0, 0.05) is 25.7 Å². The Kier molecular flexibility index (Phi) is 16.6. The zero-order valence-electron chi connectivity index (χ0n) is 23.1. The number of Topliss-reactive ketones (excluding diaryl/α,β-unsaturated/α-hetero) is 2. The van der Waals surface area contributed by atoms with Gasteiger partial charge in [-0.05, 0) is 56.9 Å². The Labute approximate surface area is 234 Å². The number of ether oxygens (including phenoxy) is 1. The Hall–Kier alpha value is -3.76. The number of hydrogen-bond donors (Lipinski definition) is 4. The molecule has 1 aromatic carbocycles. The van der Waals surface area contributed by atoms with Gasteiger partial charge in [-0.15, -0.1) is 0 Å². The lowest BCUT2D eigenvalue weighted by Crippen LogP contribution is -2.41. The third-order valence-corrected chi connectivity index (χ3v) is 6.43. The van der Waals surface area contributed by atoms with Gasteiger partial charge in [0.05, 0.1) is 18.1 Å². The van der Waals surface area contributed by atoms with Crippen molar-refractivity contribution in [3.63, 3.8) is 0 Å². The van der Waals surface area contributed by atoms with E-state index in [9.17, 15) is 39.0 Å². The average Bonchev–Trinajstić information content (AvgIpc) is 2.89. The summed E-state index contributed by atoms with van der Waals surface area (Å²) in [5, 5.41) is 29.8. The summed E-state index contributed by atoms with van der Waals surface area (Å²) in [6, 6.07) is 5.05. The van der Waals surface area contributed by atoms with E-state index in [1.165, 1.54) is 19.1 Å². The summed E-state index contributed by atoms with van der Waals surface area (Å²) in [5.41, 5.74) is 0.215. The van der Waals surface area contributed by atoms with Gasteiger partial charge in [-0.3, -0.25) is 14.4 Å². The van der Waals surface area contributed by atoms with Crippen LogP contribution in [0.3, 0.4) is 0 Å². The molecule has 0 aliphatic heterocycles. The lowest BCUT2D eigenvalue weighted by molar-refractivity contribution is -0.145. The molecule has 1 rings (SSSR count). The van der Waals surface area contributed by atoms with Crippen LogP contribution in [0.2, 0.25) is 0 Å². The normalized spacial score (nSPS) is 12.2. The van der Waals surface area contributed by atoms with E-state index in [1.54, 1.807) is 12.1 Å². The molecule has 0 aromatic heterocycles. The third-order valence-electron chi connectivity index (χ3n) is 6.43. The van der Waals surface area contributed by atoms with Crippen LogP contribution in [0.4, 0.5) is 0 Å². The zero-order chi connectivity index (χ0) is 29.9. The summed E-state index contributed by atoms with van der Waals surface area (Å²) < 4.78 is 5.61. The molecule has 0 radical (unpaired) electrons. The van der Waals surface area contributed by atoms with E-state index in [-0.39, 0.29) is 55.7 Å². The summed E-state index contributed by atoms with van der Waals surface area (Å²) in [7, 11) is 0. The highest BCUT2D eigenvalue weighted by molar-refractivity contribution is 5.88. The molecule has 4 N–H and O–H groups in total. The molecule has 0 aliphatic rings. The van der Waals surface area contributed by atoms with Gasteiger partial charge < -0.3 is 30.2 Å². The van der Waals surface area contributed by atoms with Gasteiger partial charge in [0.15, 0.2) is 0 Å². The van der Waals surface area contributed by atoms with Crippen molar-refractivity contribution in [2.75, 3.05) is 6.61 Å². The summed E-state index contributed by atoms with van der Waals surface area (Å²) >= 11 is 0. The van der Waals surface area contributed by atoms with E-state index in [0.29, 0.717) is 18.8 Å². The molecule has 11 nitrogen and oxygen atoms in total. The number of amides is 1. The van der Waals surface area contributed by atoms with Gasteiger partial charge in [0.25, 0.3) is 0 Å². The number of aromatic carboxylic acids is 1. The molecule has 11 heteroatoms. The second kappa shape index (κ2) is 19.3. The molecule has 2 atom stereocenters. The van der Waals surface area contributed by atoms with Crippen molar-refractivity contribution in [2.45, 2.75) is 96.4 Å². The molecule has 40 heavy (non-hydrogen) atoms. The number of carbonyl (C=O) groups is 6. The number of carboxylic acid groups (broad SMARTS) is 3. The van der Waals surface area contributed by atoms with E-state index >= 15 is 0 Å². The number of benzene rings is 1. The standard InChI is InChI=1S/C29H41NO10/c1-20(31)10-16-25(29(38)39)30-26(33)17-13-22(28(36)37)19-23(32)9-7-5-3-2-4-6-8-18-40-24-14-11-21(12-15-24)27(34)35/h11-12,14-15,22,25H,2-10,13,16-19H2,1H3,(H,30,33)(H,34,35)(H,36,37)(H,38,39)/t22-,25+/m1/s1. The van der Waals surface area contributed by atoms with Gasteiger partial charge in [0.2, 0.25) is 5.91 Å². The number of unbranched alkanes of at least 4 members (excludes halogenated alkanes) is 6. The highest BCUT2D eigenvalue weighted by Crippen LogP contribution is 2.17. The summed E-state index contributed by atoms with van der Waals surface area (Å²) in [6.45, 7) is 1.87. The molecule has 1 aromatic rings. The molecule has 0 spiro atoms. The van der Waals surface area contributed by atoms with Crippen molar-refractivity contribution in [3.05, 3.63) is 29.8 Å². The fourth-order valence-electron chi connectivity index (χ4n) is 4.06. The average molecular weight is 564 g/mol. The summed E-state index contributed by atoms with van der Waals surface area (Å²) in [5.74, 6) is -4.80. The number of rotatable bonds is 23. The first kappa shape index (κ1) is 34.3. The first-order chi connectivity index (χ1) is 19.0. The number of ketones is 2. The second-order valence-electron chi connectivity index (χ2n) is 9.92. The van der Waals surface area contributed by atoms with E-state index in [1.807, 2.05) is 0 Å². The zero-order valence-corrected chi connectivity index (χ0v) is 23.1. The van der Waals surface area contributed by atoms with E-state index < -0.39 is 35.8 Å². The topological polar surface area (TPSA) is 184 Å². The lowest BCUT2D eigenvalue weighted by atomic mass is 9.94. The van der Waals surface area contributed by atoms with Crippen molar-refractivity contribution in [2.24, 2.45) is 5.92 Å². The van der Waals surface area contributed by atoms with Crippen molar-refractivity contribution in [1.29, 1.82) is 0 Å². The van der Waals surface area contributed by atoms with Gasteiger partial charge in [0.1, 0.15) is 23.4 Å². The molecule has 0 fully saturated rings. The molecule has 222 valence electrons. The van der Waals surface area contributed by atoms with Crippen LogP contribution in [0.15, 0.2) is 24.3 Å². The highest BCUT2D eigenvalue weighted by atomic mass is 16.5. The first-order valence-corrected chi connectivity index (χ1v) is 13.7.